The predicted octanol–water partition coefficient (Wildman–Crippen LogP) is 4.43. The Kier molecular flexibility index (Phi) is 8.35. The fourth-order valence-corrected chi connectivity index (χ4v) is 2.60. The third kappa shape index (κ3) is 6.41. The van der Waals surface area contributed by atoms with Crippen molar-refractivity contribution in [2.24, 2.45) is 11.7 Å². The zero-order valence-electron chi connectivity index (χ0n) is 14.5. The molecule has 0 saturated heterocycles. The molecule has 3 N–H and O–H groups in total. The topological polar surface area (TPSA) is 63.3 Å². The third-order valence-corrected chi connectivity index (χ3v) is 3.86. The van der Waals surface area contributed by atoms with Gasteiger partial charge in [-0.25, -0.2) is 0 Å². The molecule has 0 aromatic heterocycles. The summed E-state index contributed by atoms with van der Waals surface area (Å²) in [5, 5.41) is 8.91. The first kappa shape index (κ1) is 19.2. The molecule has 0 radical (unpaired) electrons. The summed E-state index contributed by atoms with van der Waals surface area (Å²) in [5.41, 5.74) is 9.69. The first-order chi connectivity index (χ1) is 11.1. The normalized spacial score (nSPS) is 15.9. The molecule has 1 unspecified atom stereocenters. The Morgan fingerprint density at radius 1 is 1.22 bits per heavy atom. The molecule has 0 spiro atoms. The van der Waals surface area contributed by atoms with Gasteiger partial charge in [-0.15, -0.1) is 0 Å². The summed E-state index contributed by atoms with van der Waals surface area (Å²) in [7, 11) is 0. The molecule has 0 bridgehead atoms. The SMILES string of the molecule is CC.C[C@@H](CC(N)Cc1ccc(C2=CCCC=C2)cc1)C(=O)O. The first-order valence-electron chi connectivity index (χ1n) is 8.50. The van der Waals surface area contributed by atoms with Crippen LogP contribution >= 0.6 is 0 Å². The van der Waals surface area contributed by atoms with Crippen molar-refractivity contribution in [3.63, 3.8) is 0 Å². The van der Waals surface area contributed by atoms with Crippen molar-refractivity contribution in [3.05, 3.63) is 53.6 Å². The fraction of sp³-hybridized carbons (Fsp3) is 0.450. The molecular weight excluding hydrogens is 286 g/mol. The number of rotatable bonds is 6. The van der Waals surface area contributed by atoms with E-state index in [0.717, 1.165) is 18.4 Å². The van der Waals surface area contributed by atoms with Crippen molar-refractivity contribution < 1.29 is 9.90 Å². The average Bonchev–Trinajstić information content (AvgIpc) is 2.58. The minimum atomic E-state index is -0.781. The Balaban J connectivity index is 0.00000127. The standard InChI is InChI=1S/C18H23NO2.C2H6/c1-13(18(20)21)11-17(19)12-14-7-9-16(10-8-14)15-5-3-2-4-6-15;1-2/h3,5-10,13,17H,2,4,11-12,19H2,1H3,(H,20,21);1-2H3/t13-,17?;/m0./s1. The molecule has 1 aromatic carbocycles. The van der Waals surface area contributed by atoms with Gasteiger partial charge >= 0.3 is 5.97 Å². The maximum atomic E-state index is 10.8. The van der Waals surface area contributed by atoms with Crippen LogP contribution in [-0.4, -0.2) is 17.1 Å². The largest absolute Gasteiger partial charge is 0.481 e. The second kappa shape index (κ2) is 10.0. The number of allylic oxidation sites excluding steroid dienone is 4. The highest BCUT2D eigenvalue weighted by atomic mass is 16.4. The molecule has 0 aliphatic heterocycles. The van der Waals surface area contributed by atoms with Crippen molar-refractivity contribution in [1.82, 2.24) is 0 Å². The van der Waals surface area contributed by atoms with Gasteiger partial charge in [-0.2, -0.15) is 0 Å². The molecule has 23 heavy (non-hydrogen) atoms. The first-order valence-corrected chi connectivity index (χ1v) is 8.50. The number of hydrogen-bond acceptors (Lipinski definition) is 2. The molecule has 2 atom stereocenters. The summed E-state index contributed by atoms with van der Waals surface area (Å²) in [6, 6.07) is 8.29. The molecule has 126 valence electrons. The number of benzene rings is 1. The van der Waals surface area contributed by atoms with E-state index in [1.54, 1.807) is 6.92 Å². The Labute approximate surface area is 139 Å². The molecule has 0 heterocycles. The van der Waals surface area contributed by atoms with Gasteiger partial charge in [0.2, 0.25) is 0 Å². The molecule has 0 saturated carbocycles. The lowest BCUT2D eigenvalue weighted by Gasteiger charge is -2.15. The van der Waals surface area contributed by atoms with Crippen LogP contribution in [0.25, 0.3) is 5.57 Å². The fourth-order valence-electron chi connectivity index (χ4n) is 2.60. The lowest BCUT2D eigenvalue weighted by Crippen LogP contribution is -2.28. The van der Waals surface area contributed by atoms with Crippen LogP contribution in [0.1, 0.15) is 51.2 Å². The number of carbonyl (C=O) groups is 1. The van der Waals surface area contributed by atoms with Crippen LogP contribution in [0.3, 0.4) is 0 Å². The maximum absolute atomic E-state index is 10.8. The van der Waals surface area contributed by atoms with E-state index in [0.29, 0.717) is 12.8 Å². The Bertz CT molecular complexity index is 543. The van der Waals surface area contributed by atoms with Gasteiger partial charge in [0, 0.05) is 6.04 Å². The van der Waals surface area contributed by atoms with Crippen molar-refractivity contribution >= 4 is 11.5 Å². The van der Waals surface area contributed by atoms with Crippen LogP contribution in [0.5, 0.6) is 0 Å². The van der Waals surface area contributed by atoms with Gasteiger partial charge in [0.25, 0.3) is 0 Å². The molecular formula is C20H29NO2. The number of carboxylic acids is 1. The summed E-state index contributed by atoms with van der Waals surface area (Å²) >= 11 is 0. The van der Waals surface area contributed by atoms with Crippen LogP contribution < -0.4 is 5.73 Å². The molecule has 0 amide bonds. The quantitative estimate of drug-likeness (QED) is 0.816. The van der Waals surface area contributed by atoms with E-state index < -0.39 is 11.9 Å². The third-order valence-electron chi connectivity index (χ3n) is 3.86. The second-order valence-corrected chi connectivity index (χ2v) is 5.78. The molecule has 0 fully saturated rings. The van der Waals surface area contributed by atoms with Gasteiger partial charge in [0.1, 0.15) is 0 Å². The lowest BCUT2D eigenvalue weighted by atomic mass is 9.94. The zero-order chi connectivity index (χ0) is 17.2. The zero-order valence-corrected chi connectivity index (χ0v) is 14.5. The Morgan fingerprint density at radius 2 is 1.87 bits per heavy atom. The minimum absolute atomic E-state index is 0.115. The highest BCUT2D eigenvalue weighted by Gasteiger charge is 2.15. The number of nitrogens with two attached hydrogens (primary N) is 1. The molecule has 3 nitrogen and oxygen atoms in total. The second-order valence-electron chi connectivity index (χ2n) is 5.78. The Hall–Kier alpha value is -1.87. The van der Waals surface area contributed by atoms with Crippen LogP contribution in [-0.2, 0) is 11.2 Å². The van der Waals surface area contributed by atoms with Crippen LogP contribution in [0.4, 0.5) is 0 Å². The van der Waals surface area contributed by atoms with E-state index in [2.05, 4.69) is 42.5 Å². The summed E-state index contributed by atoms with van der Waals surface area (Å²) in [4.78, 5) is 10.8. The van der Waals surface area contributed by atoms with Crippen LogP contribution in [0.2, 0.25) is 0 Å². The van der Waals surface area contributed by atoms with Crippen molar-refractivity contribution in [2.75, 3.05) is 0 Å². The van der Waals surface area contributed by atoms with E-state index in [-0.39, 0.29) is 6.04 Å². The molecule has 1 aliphatic carbocycles. The molecule has 3 heteroatoms. The van der Waals surface area contributed by atoms with Crippen molar-refractivity contribution in [1.29, 1.82) is 0 Å². The summed E-state index contributed by atoms with van der Waals surface area (Å²) in [5.74, 6) is -1.17. The van der Waals surface area contributed by atoms with Crippen molar-refractivity contribution in [2.45, 2.75) is 52.5 Å². The van der Waals surface area contributed by atoms with E-state index in [4.69, 9.17) is 10.8 Å². The van der Waals surface area contributed by atoms with Crippen molar-refractivity contribution in [3.8, 4) is 0 Å². The van der Waals surface area contributed by atoms with E-state index in [1.807, 2.05) is 13.8 Å². The van der Waals surface area contributed by atoms with Gasteiger partial charge in [-0.05, 0) is 42.4 Å². The highest BCUT2D eigenvalue weighted by Crippen LogP contribution is 2.22. The lowest BCUT2D eigenvalue weighted by molar-refractivity contribution is -0.141. The summed E-state index contributed by atoms with van der Waals surface area (Å²) < 4.78 is 0. The molecule has 2 rings (SSSR count). The monoisotopic (exact) mass is 315 g/mol. The smallest absolute Gasteiger partial charge is 0.306 e. The highest BCUT2D eigenvalue weighted by molar-refractivity contribution is 5.74. The summed E-state index contributed by atoms with van der Waals surface area (Å²) in [6.45, 7) is 5.70. The van der Waals surface area contributed by atoms with Gasteiger partial charge in [0.15, 0.2) is 0 Å². The van der Waals surface area contributed by atoms with Gasteiger partial charge in [-0.1, -0.05) is 63.3 Å². The molecule has 1 aromatic rings. The van der Waals surface area contributed by atoms with E-state index in [9.17, 15) is 4.79 Å². The average molecular weight is 315 g/mol. The van der Waals surface area contributed by atoms with E-state index in [1.165, 1.54) is 11.1 Å². The van der Waals surface area contributed by atoms with Crippen LogP contribution in [0, 0.1) is 5.92 Å². The summed E-state index contributed by atoms with van der Waals surface area (Å²) in [6.07, 6.45) is 10.1. The van der Waals surface area contributed by atoms with E-state index >= 15 is 0 Å². The van der Waals surface area contributed by atoms with Gasteiger partial charge < -0.3 is 10.8 Å². The number of carboxylic acid groups (broad SMARTS) is 1. The minimum Gasteiger partial charge on any atom is -0.481 e. The van der Waals surface area contributed by atoms with Crippen LogP contribution in [0.15, 0.2) is 42.5 Å². The van der Waals surface area contributed by atoms with Gasteiger partial charge in [-0.3, -0.25) is 4.79 Å². The molecule has 1 aliphatic rings. The maximum Gasteiger partial charge on any atom is 0.306 e. The number of hydrogen-bond donors (Lipinski definition) is 2. The Morgan fingerprint density at radius 3 is 2.39 bits per heavy atom. The van der Waals surface area contributed by atoms with Gasteiger partial charge in [0.05, 0.1) is 5.92 Å². The number of aliphatic carboxylic acids is 1. The predicted molar refractivity (Wildman–Crippen MR) is 97.2 cm³/mol.